The Balaban J connectivity index is 2.39. The van der Waals surface area contributed by atoms with Crippen LogP contribution in [0.25, 0.3) is 0 Å². The highest BCUT2D eigenvalue weighted by Gasteiger charge is 2.35. The predicted octanol–water partition coefficient (Wildman–Crippen LogP) is 2.61. The fourth-order valence-electron chi connectivity index (χ4n) is 1.71. The second kappa shape index (κ2) is 4.55. The first-order valence-electron chi connectivity index (χ1n) is 4.87. The van der Waals surface area contributed by atoms with Gasteiger partial charge in [-0.1, -0.05) is 15.9 Å². The van der Waals surface area contributed by atoms with E-state index in [-0.39, 0.29) is 0 Å². The molecule has 0 saturated carbocycles. The Kier molecular flexibility index (Phi) is 3.30. The summed E-state index contributed by atoms with van der Waals surface area (Å²) in [5, 5.41) is 0. The van der Waals surface area contributed by atoms with Crippen LogP contribution in [0.15, 0.2) is 22.7 Å². The summed E-state index contributed by atoms with van der Waals surface area (Å²) >= 11 is 8.92. The van der Waals surface area contributed by atoms with Crippen LogP contribution in [0.4, 0.5) is 5.69 Å². The number of anilines is 1. The van der Waals surface area contributed by atoms with Crippen molar-refractivity contribution < 1.29 is 9.59 Å². The van der Waals surface area contributed by atoms with Crippen molar-refractivity contribution in [2.45, 2.75) is 6.42 Å². The first kappa shape index (κ1) is 11.6. The first-order valence-corrected chi connectivity index (χ1v) is 6.19. The SMILES string of the molecule is O=C1C(=O)N(CCCCl)c2cc(Br)ccc21. The van der Waals surface area contributed by atoms with E-state index < -0.39 is 11.7 Å². The van der Waals surface area contributed by atoms with E-state index in [0.29, 0.717) is 30.1 Å². The summed E-state index contributed by atoms with van der Waals surface area (Å²) in [7, 11) is 0. The van der Waals surface area contributed by atoms with Gasteiger partial charge in [-0.25, -0.2) is 0 Å². The number of carbonyl (C=O) groups is 2. The Morgan fingerprint density at radius 3 is 2.75 bits per heavy atom. The summed E-state index contributed by atoms with van der Waals surface area (Å²) in [5.41, 5.74) is 1.15. The minimum atomic E-state index is -0.460. The monoisotopic (exact) mass is 301 g/mol. The van der Waals surface area contributed by atoms with Gasteiger partial charge < -0.3 is 4.90 Å². The van der Waals surface area contributed by atoms with Gasteiger partial charge in [0.15, 0.2) is 0 Å². The van der Waals surface area contributed by atoms with Crippen LogP contribution in [0.3, 0.4) is 0 Å². The largest absolute Gasteiger partial charge is 0.305 e. The van der Waals surface area contributed by atoms with Crippen LogP contribution in [0.2, 0.25) is 0 Å². The molecule has 1 amide bonds. The topological polar surface area (TPSA) is 37.4 Å². The average molecular weight is 303 g/mol. The van der Waals surface area contributed by atoms with Crippen LogP contribution in [-0.2, 0) is 4.79 Å². The minimum absolute atomic E-state index is 0.433. The van der Waals surface area contributed by atoms with Crippen molar-refractivity contribution in [1.29, 1.82) is 0 Å². The molecule has 16 heavy (non-hydrogen) atoms. The van der Waals surface area contributed by atoms with Gasteiger partial charge in [-0.3, -0.25) is 9.59 Å². The zero-order valence-electron chi connectivity index (χ0n) is 8.37. The third-order valence-electron chi connectivity index (χ3n) is 2.45. The number of carbonyl (C=O) groups excluding carboxylic acids is 2. The van der Waals surface area contributed by atoms with E-state index in [1.807, 2.05) is 0 Å². The average Bonchev–Trinajstić information content (AvgIpc) is 2.50. The molecule has 0 unspecified atom stereocenters. The second-order valence-corrected chi connectivity index (χ2v) is 4.78. The van der Waals surface area contributed by atoms with Gasteiger partial charge in [0.1, 0.15) is 0 Å². The molecule has 1 aliphatic rings. The summed E-state index contributed by atoms with van der Waals surface area (Å²) in [5.74, 6) is -0.420. The van der Waals surface area contributed by atoms with E-state index in [2.05, 4.69) is 15.9 Å². The van der Waals surface area contributed by atoms with Crippen molar-refractivity contribution in [2.24, 2.45) is 0 Å². The number of benzene rings is 1. The zero-order valence-corrected chi connectivity index (χ0v) is 10.7. The van der Waals surface area contributed by atoms with E-state index in [1.54, 1.807) is 18.2 Å². The maximum atomic E-state index is 11.7. The number of hydrogen-bond donors (Lipinski definition) is 0. The first-order chi connectivity index (χ1) is 7.65. The molecule has 2 rings (SSSR count). The van der Waals surface area contributed by atoms with Crippen LogP contribution in [0.1, 0.15) is 16.8 Å². The predicted molar refractivity (Wildman–Crippen MR) is 66.2 cm³/mol. The zero-order chi connectivity index (χ0) is 11.7. The number of hydrogen-bond acceptors (Lipinski definition) is 2. The van der Waals surface area contributed by atoms with E-state index in [4.69, 9.17) is 11.6 Å². The Bertz CT molecular complexity index is 461. The summed E-state index contributed by atoms with van der Waals surface area (Å²) in [6.07, 6.45) is 0.673. The molecule has 0 fully saturated rings. The molecule has 84 valence electrons. The van der Waals surface area contributed by atoms with E-state index in [1.165, 1.54) is 4.90 Å². The standard InChI is InChI=1S/C11H9BrClNO2/c12-7-2-3-8-9(6-7)14(5-1-4-13)11(16)10(8)15/h2-3,6H,1,4-5H2. The van der Waals surface area contributed by atoms with Crippen molar-refractivity contribution in [3.05, 3.63) is 28.2 Å². The molecule has 1 aromatic rings. The third kappa shape index (κ3) is 1.87. The Morgan fingerprint density at radius 1 is 1.31 bits per heavy atom. The quantitative estimate of drug-likeness (QED) is 0.636. The van der Waals surface area contributed by atoms with Crippen LogP contribution in [0.5, 0.6) is 0 Å². The maximum Gasteiger partial charge on any atom is 0.299 e. The summed E-state index contributed by atoms with van der Waals surface area (Å²) < 4.78 is 0.852. The van der Waals surface area contributed by atoms with Crippen molar-refractivity contribution in [3.63, 3.8) is 0 Å². The maximum absolute atomic E-state index is 11.7. The number of halogens is 2. The highest BCUT2D eigenvalue weighted by Crippen LogP contribution is 2.31. The number of ketones is 1. The summed E-state index contributed by atoms with van der Waals surface area (Å²) in [6, 6.07) is 5.21. The van der Waals surface area contributed by atoms with E-state index >= 15 is 0 Å². The van der Waals surface area contributed by atoms with Gasteiger partial charge in [0.2, 0.25) is 0 Å². The van der Waals surface area contributed by atoms with E-state index in [9.17, 15) is 9.59 Å². The third-order valence-corrected chi connectivity index (χ3v) is 3.21. The van der Waals surface area contributed by atoms with Gasteiger partial charge in [0.05, 0.1) is 11.3 Å². The summed E-state index contributed by atoms with van der Waals surface area (Å²) in [4.78, 5) is 24.8. The number of fused-ring (bicyclic) bond motifs is 1. The molecule has 1 heterocycles. The Labute approximate surface area is 107 Å². The fraction of sp³-hybridized carbons (Fsp3) is 0.273. The molecule has 0 atom stereocenters. The number of rotatable bonds is 3. The molecule has 1 aromatic carbocycles. The van der Waals surface area contributed by atoms with Crippen molar-refractivity contribution >= 4 is 44.9 Å². The molecule has 0 aliphatic carbocycles. The Morgan fingerprint density at radius 2 is 2.06 bits per heavy atom. The molecule has 0 spiro atoms. The molecule has 5 heteroatoms. The molecule has 0 bridgehead atoms. The van der Waals surface area contributed by atoms with Crippen molar-refractivity contribution in [2.75, 3.05) is 17.3 Å². The minimum Gasteiger partial charge on any atom is -0.305 e. The van der Waals surface area contributed by atoms with Gasteiger partial charge in [-0.15, -0.1) is 11.6 Å². The lowest BCUT2D eigenvalue weighted by molar-refractivity contribution is -0.114. The number of nitrogens with zero attached hydrogens (tertiary/aromatic N) is 1. The van der Waals surface area contributed by atoms with Crippen molar-refractivity contribution in [1.82, 2.24) is 0 Å². The second-order valence-electron chi connectivity index (χ2n) is 3.49. The van der Waals surface area contributed by atoms with Gasteiger partial charge in [-0.05, 0) is 24.6 Å². The molecular weight excluding hydrogens is 293 g/mol. The smallest absolute Gasteiger partial charge is 0.299 e. The van der Waals surface area contributed by atoms with Crippen LogP contribution < -0.4 is 4.90 Å². The molecule has 0 N–H and O–H groups in total. The van der Waals surface area contributed by atoms with Gasteiger partial charge in [0, 0.05) is 16.9 Å². The number of Topliss-reactive ketones (excluding diaryl/α,β-unsaturated/α-hetero) is 1. The van der Waals surface area contributed by atoms with Crippen molar-refractivity contribution in [3.8, 4) is 0 Å². The highest BCUT2D eigenvalue weighted by molar-refractivity contribution is 9.10. The van der Waals surface area contributed by atoms with Gasteiger partial charge in [0.25, 0.3) is 11.7 Å². The lowest BCUT2D eigenvalue weighted by Crippen LogP contribution is -2.30. The van der Waals surface area contributed by atoms with Crippen LogP contribution in [0, 0.1) is 0 Å². The van der Waals surface area contributed by atoms with E-state index in [0.717, 1.165) is 4.47 Å². The molecule has 1 aliphatic heterocycles. The summed E-state index contributed by atoms with van der Waals surface area (Å²) in [6.45, 7) is 0.484. The molecular formula is C11H9BrClNO2. The molecule has 0 aromatic heterocycles. The van der Waals surface area contributed by atoms with Crippen LogP contribution in [-0.4, -0.2) is 24.1 Å². The number of amides is 1. The lowest BCUT2D eigenvalue weighted by atomic mass is 10.1. The highest BCUT2D eigenvalue weighted by atomic mass is 79.9. The Hall–Kier alpha value is -0.870. The normalized spacial score (nSPS) is 14.5. The lowest BCUT2D eigenvalue weighted by Gasteiger charge is -2.15. The molecule has 0 radical (unpaired) electrons. The van der Waals surface area contributed by atoms with Gasteiger partial charge in [-0.2, -0.15) is 0 Å². The fourth-order valence-corrected chi connectivity index (χ4v) is 2.18. The molecule has 3 nitrogen and oxygen atoms in total. The van der Waals surface area contributed by atoms with Crippen LogP contribution >= 0.6 is 27.5 Å². The van der Waals surface area contributed by atoms with Gasteiger partial charge >= 0.3 is 0 Å². The number of alkyl halides is 1. The molecule has 0 saturated heterocycles.